The molecule has 2 amide bonds. The quantitative estimate of drug-likeness (QED) is 0.873. The van der Waals surface area contributed by atoms with Crippen LogP contribution in [0, 0.1) is 11.7 Å². The number of rotatable bonds is 3. The first-order valence-electron chi connectivity index (χ1n) is 8.47. The van der Waals surface area contributed by atoms with Gasteiger partial charge in [-0.25, -0.2) is 4.39 Å². The Balaban J connectivity index is 1.47. The zero-order valence-corrected chi connectivity index (χ0v) is 15.0. The minimum Gasteiger partial charge on any atom is -0.486 e. The number of hydrogen-bond donors (Lipinski definition) is 1. The molecule has 0 spiro atoms. The highest BCUT2D eigenvalue weighted by Crippen LogP contribution is 2.36. The van der Waals surface area contributed by atoms with Gasteiger partial charge in [-0.1, -0.05) is 11.6 Å². The van der Waals surface area contributed by atoms with Crippen LogP contribution in [0.3, 0.4) is 0 Å². The van der Waals surface area contributed by atoms with Crippen LogP contribution in [0.2, 0.25) is 5.02 Å². The van der Waals surface area contributed by atoms with Gasteiger partial charge >= 0.3 is 0 Å². The van der Waals surface area contributed by atoms with Crippen molar-refractivity contribution in [3.05, 3.63) is 47.2 Å². The number of ether oxygens (including phenoxy) is 2. The van der Waals surface area contributed by atoms with Gasteiger partial charge in [0.15, 0.2) is 11.5 Å². The summed E-state index contributed by atoms with van der Waals surface area (Å²) in [7, 11) is 0. The highest BCUT2D eigenvalue weighted by Gasteiger charge is 2.35. The third-order valence-electron chi connectivity index (χ3n) is 4.52. The van der Waals surface area contributed by atoms with E-state index in [1.165, 1.54) is 18.2 Å². The normalized spacial score (nSPS) is 18.5. The smallest absolute Gasteiger partial charge is 0.229 e. The lowest BCUT2D eigenvalue weighted by Gasteiger charge is -2.22. The maximum Gasteiger partial charge on any atom is 0.229 e. The molecule has 2 aliphatic heterocycles. The Morgan fingerprint density at radius 3 is 2.70 bits per heavy atom. The van der Waals surface area contributed by atoms with E-state index in [1.807, 2.05) is 0 Å². The van der Waals surface area contributed by atoms with Gasteiger partial charge in [0.25, 0.3) is 0 Å². The number of halogens is 2. The maximum atomic E-state index is 13.2. The number of amides is 2. The number of nitrogens with zero attached hydrogens (tertiary/aromatic N) is 1. The molecule has 4 rings (SSSR count). The summed E-state index contributed by atoms with van der Waals surface area (Å²) in [5, 5.41) is 2.61. The van der Waals surface area contributed by atoms with Gasteiger partial charge in [-0.3, -0.25) is 9.59 Å². The number of hydrogen-bond acceptors (Lipinski definition) is 4. The van der Waals surface area contributed by atoms with Crippen molar-refractivity contribution < 1.29 is 23.5 Å². The highest BCUT2D eigenvalue weighted by atomic mass is 35.5. The average Bonchev–Trinajstić information content (AvgIpc) is 3.06. The van der Waals surface area contributed by atoms with E-state index in [-0.39, 0.29) is 29.8 Å². The molecule has 2 aliphatic rings. The van der Waals surface area contributed by atoms with Crippen molar-refractivity contribution in [3.8, 4) is 11.5 Å². The summed E-state index contributed by atoms with van der Waals surface area (Å²) < 4.78 is 24.3. The van der Waals surface area contributed by atoms with Crippen LogP contribution < -0.4 is 19.7 Å². The zero-order valence-electron chi connectivity index (χ0n) is 14.2. The topological polar surface area (TPSA) is 67.9 Å². The van der Waals surface area contributed by atoms with Crippen LogP contribution in [0.1, 0.15) is 6.42 Å². The summed E-state index contributed by atoms with van der Waals surface area (Å²) in [5.41, 5.74) is 1.04. The van der Waals surface area contributed by atoms with Gasteiger partial charge in [-0.15, -0.1) is 0 Å². The molecule has 8 heteroatoms. The number of nitrogens with one attached hydrogen (secondary N) is 1. The lowest BCUT2D eigenvalue weighted by Crippen LogP contribution is -2.28. The Morgan fingerprint density at radius 1 is 1.15 bits per heavy atom. The number of carbonyl (C=O) groups excluding carboxylic acids is 2. The lowest BCUT2D eigenvalue weighted by molar-refractivity contribution is -0.122. The molecule has 1 N–H and O–H groups in total. The molecule has 2 aromatic carbocycles. The molecule has 2 aromatic rings. The fraction of sp³-hybridized carbons (Fsp3) is 0.263. The standard InChI is InChI=1S/C19H16ClFN2O4/c20-14-8-12(1-3-15(14)21)22-19(25)11-7-18(24)23(10-11)13-2-4-16-17(9-13)27-6-5-26-16/h1-4,8-9,11H,5-7,10H2,(H,22,25)/t11-/m0/s1. The molecule has 1 atom stereocenters. The fourth-order valence-corrected chi connectivity index (χ4v) is 3.33. The third-order valence-corrected chi connectivity index (χ3v) is 4.81. The van der Waals surface area contributed by atoms with E-state index in [9.17, 15) is 14.0 Å². The first kappa shape index (κ1) is 17.6. The Hall–Kier alpha value is -2.80. The van der Waals surface area contributed by atoms with Crippen LogP contribution in [0.4, 0.5) is 15.8 Å². The molecule has 0 bridgehead atoms. The minimum absolute atomic E-state index is 0.0757. The molecule has 0 saturated carbocycles. The summed E-state index contributed by atoms with van der Waals surface area (Å²) in [6, 6.07) is 9.21. The van der Waals surface area contributed by atoms with Crippen molar-refractivity contribution >= 4 is 34.8 Å². The Bertz CT molecular complexity index is 921. The second-order valence-electron chi connectivity index (χ2n) is 6.35. The lowest BCUT2D eigenvalue weighted by atomic mass is 10.1. The van der Waals surface area contributed by atoms with Crippen LogP contribution >= 0.6 is 11.6 Å². The molecule has 1 fully saturated rings. The molecule has 0 aromatic heterocycles. The average molecular weight is 391 g/mol. The first-order valence-corrected chi connectivity index (χ1v) is 8.85. The Labute approximate surface area is 159 Å². The van der Waals surface area contributed by atoms with Crippen molar-refractivity contribution in [3.63, 3.8) is 0 Å². The van der Waals surface area contributed by atoms with Crippen LogP contribution in [-0.2, 0) is 9.59 Å². The van der Waals surface area contributed by atoms with E-state index in [2.05, 4.69) is 5.32 Å². The summed E-state index contributed by atoms with van der Waals surface area (Å²) >= 11 is 5.73. The van der Waals surface area contributed by atoms with E-state index in [1.54, 1.807) is 23.1 Å². The second-order valence-corrected chi connectivity index (χ2v) is 6.76. The van der Waals surface area contributed by atoms with Gasteiger partial charge in [0.1, 0.15) is 19.0 Å². The summed E-state index contributed by atoms with van der Waals surface area (Å²) in [6.45, 7) is 1.19. The van der Waals surface area contributed by atoms with E-state index >= 15 is 0 Å². The number of fused-ring (bicyclic) bond motifs is 1. The Morgan fingerprint density at radius 2 is 1.93 bits per heavy atom. The van der Waals surface area contributed by atoms with Crippen LogP contribution in [0.25, 0.3) is 0 Å². The maximum absolute atomic E-state index is 13.2. The third kappa shape index (κ3) is 3.55. The van der Waals surface area contributed by atoms with E-state index in [0.717, 1.165) is 0 Å². The monoisotopic (exact) mass is 390 g/mol. The van der Waals surface area contributed by atoms with Gasteiger partial charge in [-0.05, 0) is 30.3 Å². The first-order chi connectivity index (χ1) is 13.0. The van der Waals surface area contributed by atoms with E-state index < -0.39 is 11.7 Å². The van der Waals surface area contributed by atoms with Crippen LogP contribution in [-0.4, -0.2) is 31.6 Å². The minimum atomic E-state index is -0.560. The van der Waals surface area contributed by atoms with Gasteiger partial charge in [0, 0.05) is 30.4 Å². The van der Waals surface area contributed by atoms with Crippen LogP contribution in [0.15, 0.2) is 36.4 Å². The van der Waals surface area contributed by atoms with Crippen LogP contribution in [0.5, 0.6) is 11.5 Å². The molecule has 2 heterocycles. The molecule has 0 unspecified atom stereocenters. The van der Waals surface area contributed by atoms with Crippen molar-refractivity contribution in [2.75, 3.05) is 30.0 Å². The van der Waals surface area contributed by atoms with Crippen molar-refractivity contribution in [1.29, 1.82) is 0 Å². The van der Waals surface area contributed by atoms with Gasteiger partial charge < -0.3 is 19.7 Å². The molecule has 0 radical (unpaired) electrons. The van der Waals surface area contributed by atoms with Gasteiger partial charge in [-0.2, -0.15) is 0 Å². The summed E-state index contributed by atoms with van der Waals surface area (Å²) in [6.07, 6.45) is 0.0925. The van der Waals surface area contributed by atoms with Gasteiger partial charge in [0.2, 0.25) is 11.8 Å². The van der Waals surface area contributed by atoms with Crippen molar-refractivity contribution in [2.24, 2.45) is 5.92 Å². The Kier molecular flexibility index (Phi) is 4.61. The molecule has 6 nitrogen and oxygen atoms in total. The summed E-state index contributed by atoms with van der Waals surface area (Å²) in [4.78, 5) is 26.5. The molecule has 1 saturated heterocycles. The highest BCUT2D eigenvalue weighted by molar-refractivity contribution is 6.31. The SMILES string of the molecule is O=C(Nc1ccc(F)c(Cl)c1)[C@H]1CC(=O)N(c2ccc3c(c2)OCCO3)C1. The molecule has 27 heavy (non-hydrogen) atoms. The predicted molar refractivity (Wildman–Crippen MR) is 97.9 cm³/mol. The zero-order chi connectivity index (χ0) is 19.0. The number of carbonyl (C=O) groups is 2. The van der Waals surface area contributed by atoms with Crippen molar-refractivity contribution in [2.45, 2.75) is 6.42 Å². The molecular formula is C19H16ClFN2O4. The molecule has 140 valence electrons. The van der Waals surface area contributed by atoms with Gasteiger partial charge in [0.05, 0.1) is 10.9 Å². The number of anilines is 2. The van der Waals surface area contributed by atoms with E-state index in [0.29, 0.717) is 36.1 Å². The number of benzene rings is 2. The predicted octanol–water partition coefficient (Wildman–Crippen LogP) is 3.24. The second kappa shape index (κ2) is 7.08. The molecular weight excluding hydrogens is 375 g/mol. The summed E-state index contributed by atoms with van der Waals surface area (Å²) in [5.74, 6) is -0.320. The molecule has 0 aliphatic carbocycles. The van der Waals surface area contributed by atoms with E-state index in [4.69, 9.17) is 21.1 Å². The largest absolute Gasteiger partial charge is 0.486 e. The van der Waals surface area contributed by atoms with Crippen molar-refractivity contribution in [1.82, 2.24) is 0 Å². The fourth-order valence-electron chi connectivity index (χ4n) is 3.15.